The first kappa shape index (κ1) is 18.8. The maximum Gasteiger partial charge on any atom is 0.178 e. The van der Waals surface area contributed by atoms with Crippen LogP contribution in [-0.4, -0.2) is 24.9 Å². The molecule has 0 bridgehead atoms. The molecule has 0 unspecified atom stereocenters. The van der Waals surface area contributed by atoms with E-state index in [4.69, 9.17) is 27.7 Å². The van der Waals surface area contributed by atoms with Gasteiger partial charge in [0.2, 0.25) is 0 Å². The molecule has 0 aliphatic rings. The Balaban J connectivity index is 2.22. The third-order valence-electron chi connectivity index (χ3n) is 3.66. The van der Waals surface area contributed by atoms with Crippen molar-refractivity contribution in [2.24, 2.45) is 0 Å². The van der Waals surface area contributed by atoms with E-state index in [1.165, 1.54) is 6.07 Å². The predicted molar refractivity (Wildman–Crippen MR) is 96.4 cm³/mol. The molecule has 136 valence electrons. The van der Waals surface area contributed by atoms with Crippen molar-refractivity contribution in [1.82, 2.24) is 5.16 Å². The van der Waals surface area contributed by atoms with Crippen LogP contribution in [0.2, 0.25) is 10.0 Å². The highest BCUT2D eigenvalue weighted by Gasteiger charge is 2.22. The number of sulfone groups is 1. The number of aromatic nitrogens is 1. The predicted octanol–water partition coefficient (Wildman–Crippen LogP) is 4.35. The van der Waals surface area contributed by atoms with Crippen molar-refractivity contribution in [3.8, 4) is 22.4 Å². The molecule has 0 saturated heterocycles. The summed E-state index contributed by atoms with van der Waals surface area (Å²) in [5.74, 6) is -0.812. The molecule has 0 aliphatic carbocycles. The molecule has 0 fully saturated rings. The van der Waals surface area contributed by atoms with Crippen LogP contribution in [0.1, 0.15) is 5.76 Å². The molecule has 0 atom stereocenters. The van der Waals surface area contributed by atoms with Gasteiger partial charge in [0.05, 0.1) is 5.56 Å². The van der Waals surface area contributed by atoms with Crippen LogP contribution in [-0.2, 0) is 16.4 Å². The standard InChI is InChI=1S/C17H12Cl2FNO4S/c1-26(23,24)15-3-2-9(6-13(15)20)16-14(8-22)25-21-17(16)10-4-11(18)7-12(19)5-10/h2-7,22H,8H2,1H3. The molecule has 5 nitrogen and oxygen atoms in total. The second kappa shape index (κ2) is 7.00. The van der Waals surface area contributed by atoms with E-state index in [9.17, 15) is 17.9 Å². The van der Waals surface area contributed by atoms with Crippen LogP contribution in [0.5, 0.6) is 0 Å². The summed E-state index contributed by atoms with van der Waals surface area (Å²) in [4.78, 5) is -0.421. The molecule has 1 N–H and O–H groups in total. The third kappa shape index (κ3) is 3.61. The highest BCUT2D eigenvalue weighted by molar-refractivity contribution is 7.90. The van der Waals surface area contributed by atoms with Crippen molar-refractivity contribution in [1.29, 1.82) is 0 Å². The Kier molecular flexibility index (Phi) is 5.07. The molecule has 0 saturated carbocycles. The minimum absolute atomic E-state index is 0.0996. The molecule has 0 amide bonds. The van der Waals surface area contributed by atoms with Gasteiger partial charge < -0.3 is 9.63 Å². The Morgan fingerprint density at radius 1 is 1.12 bits per heavy atom. The Hall–Kier alpha value is -1.93. The molecule has 3 rings (SSSR count). The van der Waals surface area contributed by atoms with E-state index in [1.54, 1.807) is 18.2 Å². The fourth-order valence-corrected chi connectivity index (χ4v) is 3.83. The minimum Gasteiger partial charge on any atom is -0.388 e. The van der Waals surface area contributed by atoms with Crippen molar-refractivity contribution in [3.05, 3.63) is 58.0 Å². The average Bonchev–Trinajstić information content (AvgIpc) is 2.96. The molecule has 2 aromatic carbocycles. The van der Waals surface area contributed by atoms with Crippen LogP contribution in [0.25, 0.3) is 22.4 Å². The smallest absolute Gasteiger partial charge is 0.178 e. The Labute approximate surface area is 158 Å². The number of benzene rings is 2. The van der Waals surface area contributed by atoms with E-state index in [2.05, 4.69) is 5.16 Å². The van der Waals surface area contributed by atoms with Crippen molar-refractivity contribution >= 4 is 33.0 Å². The molecule has 26 heavy (non-hydrogen) atoms. The first-order chi connectivity index (χ1) is 12.2. The Bertz CT molecular complexity index is 1080. The second-order valence-electron chi connectivity index (χ2n) is 5.56. The molecule has 0 aliphatic heterocycles. The quantitative estimate of drug-likeness (QED) is 0.684. The van der Waals surface area contributed by atoms with E-state index >= 15 is 0 Å². The van der Waals surface area contributed by atoms with E-state index < -0.39 is 27.2 Å². The minimum atomic E-state index is -3.71. The molecule has 1 heterocycles. The van der Waals surface area contributed by atoms with Gasteiger partial charge in [-0.2, -0.15) is 0 Å². The van der Waals surface area contributed by atoms with Crippen LogP contribution in [0.4, 0.5) is 4.39 Å². The van der Waals surface area contributed by atoms with Crippen LogP contribution >= 0.6 is 23.2 Å². The van der Waals surface area contributed by atoms with Gasteiger partial charge >= 0.3 is 0 Å². The average molecular weight is 416 g/mol. The summed E-state index contributed by atoms with van der Waals surface area (Å²) in [7, 11) is -3.71. The monoisotopic (exact) mass is 415 g/mol. The van der Waals surface area contributed by atoms with Crippen LogP contribution in [0, 0.1) is 5.82 Å². The van der Waals surface area contributed by atoms with Gasteiger partial charge in [0.1, 0.15) is 23.0 Å². The number of hydrogen-bond donors (Lipinski definition) is 1. The summed E-state index contributed by atoms with van der Waals surface area (Å²) in [6.45, 7) is -0.480. The maximum atomic E-state index is 14.3. The first-order valence-corrected chi connectivity index (χ1v) is 9.91. The van der Waals surface area contributed by atoms with Gasteiger partial charge in [-0.1, -0.05) is 34.4 Å². The van der Waals surface area contributed by atoms with E-state index in [0.717, 1.165) is 18.4 Å². The highest BCUT2D eigenvalue weighted by atomic mass is 35.5. The first-order valence-electron chi connectivity index (χ1n) is 7.26. The van der Waals surface area contributed by atoms with Crippen LogP contribution < -0.4 is 0 Å². The number of nitrogens with zero attached hydrogens (tertiary/aromatic N) is 1. The van der Waals surface area contributed by atoms with Crippen LogP contribution in [0.3, 0.4) is 0 Å². The summed E-state index contributed by atoms with van der Waals surface area (Å²) >= 11 is 12.0. The van der Waals surface area contributed by atoms with Crippen molar-refractivity contribution in [2.75, 3.05) is 6.26 Å². The zero-order chi connectivity index (χ0) is 19.1. The molecule has 1 aromatic heterocycles. The molecule has 0 spiro atoms. The van der Waals surface area contributed by atoms with E-state index in [0.29, 0.717) is 32.4 Å². The normalized spacial score (nSPS) is 11.7. The number of aliphatic hydroxyl groups excluding tert-OH is 1. The lowest BCUT2D eigenvalue weighted by atomic mass is 9.99. The summed E-state index contributed by atoms with van der Waals surface area (Å²) in [5.41, 5.74) is 1.43. The molecule has 0 radical (unpaired) electrons. The number of halogens is 3. The summed E-state index contributed by atoms with van der Waals surface area (Å²) < 4.78 is 42.6. The summed E-state index contributed by atoms with van der Waals surface area (Å²) in [5, 5.41) is 14.2. The van der Waals surface area contributed by atoms with Gasteiger partial charge in [-0.15, -0.1) is 0 Å². The Morgan fingerprint density at radius 2 is 1.77 bits per heavy atom. The van der Waals surface area contributed by atoms with Crippen molar-refractivity contribution < 1.29 is 22.4 Å². The van der Waals surface area contributed by atoms with Gasteiger partial charge in [-0.25, -0.2) is 12.8 Å². The zero-order valence-corrected chi connectivity index (χ0v) is 15.7. The largest absolute Gasteiger partial charge is 0.388 e. The van der Waals surface area contributed by atoms with Gasteiger partial charge in [0, 0.05) is 21.9 Å². The number of hydrogen-bond acceptors (Lipinski definition) is 5. The van der Waals surface area contributed by atoms with E-state index in [1.807, 2.05) is 0 Å². The molecular formula is C17H12Cl2FNO4S. The lowest BCUT2D eigenvalue weighted by molar-refractivity contribution is 0.230. The summed E-state index contributed by atoms with van der Waals surface area (Å²) in [6, 6.07) is 8.36. The molecular weight excluding hydrogens is 404 g/mol. The lowest BCUT2D eigenvalue weighted by Crippen LogP contribution is -2.01. The van der Waals surface area contributed by atoms with Gasteiger partial charge in [-0.05, 0) is 35.9 Å². The van der Waals surface area contributed by atoms with E-state index in [-0.39, 0.29) is 5.76 Å². The van der Waals surface area contributed by atoms with Crippen LogP contribution in [0.15, 0.2) is 45.8 Å². The SMILES string of the molecule is CS(=O)(=O)c1ccc(-c2c(-c3cc(Cl)cc(Cl)c3)noc2CO)cc1F. The molecule has 3 aromatic rings. The van der Waals surface area contributed by atoms with Gasteiger partial charge in [0.25, 0.3) is 0 Å². The van der Waals surface area contributed by atoms with Crippen molar-refractivity contribution in [3.63, 3.8) is 0 Å². The maximum absolute atomic E-state index is 14.3. The van der Waals surface area contributed by atoms with Crippen molar-refractivity contribution in [2.45, 2.75) is 11.5 Å². The molecule has 9 heteroatoms. The third-order valence-corrected chi connectivity index (χ3v) is 5.23. The zero-order valence-electron chi connectivity index (χ0n) is 13.3. The number of rotatable bonds is 4. The lowest BCUT2D eigenvalue weighted by Gasteiger charge is -2.07. The van der Waals surface area contributed by atoms with Gasteiger partial charge in [-0.3, -0.25) is 0 Å². The summed E-state index contributed by atoms with van der Waals surface area (Å²) in [6.07, 6.45) is 0.920. The van der Waals surface area contributed by atoms with Gasteiger partial charge in [0.15, 0.2) is 15.6 Å². The fraction of sp³-hybridized carbons (Fsp3) is 0.118. The second-order valence-corrected chi connectivity index (χ2v) is 8.42. The topological polar surface area (TPSA) is 80.4 Å². The highest BCUT2D eigenvalue weighted by Crippen LogP contribution is 2.37. The fourth-order valence-electron chi connectivity index (χ4n) is 2.57. The number of aliphatic hydroxyl groups is 1. The Morgan fingerprint density at radius 3 is 2.31 bits per heavy atom.